The van der Waals surface area contributed by atoms with Crippen molar-refractivity contribution in [2.45, 2.75) is 12.5 Å². The van der Waals surface area contributed by atoms with Gasteiger partial charge in [-0.1, -0.05) is 0 Å². The zero-order valence-electron chi connectivity index (χ0n) is 7.03. The number of rotatable bonds is 1. The van der Waals surface area contributed by atoms with Crippen molar-refractivity contribution in [1.29, 1.82) is 0 Å². The van der Waals surface area contributed by atoms with Crippen molar-refractivity contribution < 1.29 is 9.53 Å². The van der Waals surface area contributed by atoms with Crippen molar-refractivity contribution >= 4 is 5.91 Å². The highest BCUT2D eigenvalue weighted by Gasteiger charge is 2.35. The van der Waals surface area contributed by atoms with Gasteiger partial charge in [0.25, 0.3) is 0 Å². The van der Waals surface area contributed by atoms with Gasteiger partial charge in [-0.05, 0) is 6.42 Å². The highest BCUT2D eigenvalue weighted by molar-refractivity contribution is 5.80. The van der Waals surface area contributed by atoms with E-state index < -0.39 is 0 Å². The molecule has 2 fully saturated rings. The van der Waals surface area contributed by atoms with E-state index in [0.717, 1.165) is 19.5 Å². The fourth-order valence-electron chi connectivity index (χ4n) is 1.60. The fraction of sp³-hybridized carbons (Fsp3) is 0.875. The number of amides is 1. The molecule has 2 N–H and O–H groups in total. The van der Waals surface area contributed by atoms with Crippen molar-refractivity contribution in [2.24, 2.45) is 11.7 Å². The van der Waals surface area contributed by atoms with E-state index in [0.29, 0.717) is 13.2 Å². The first-order chi connectivity index (χ1) is 5.79. The van der Waals surface area contributed by atoms with E-state index in [4.69, 9.17) is 10.5 Å². The van der Waals surface area contributed by atoms with E-state index in [9.17, 15) is 4.79 Å². The van der Waals surface area contributed by atoms with Gasteiger partial charge >= 0.3 is 0 Å². The monoisotopic (exact) mass is 170 g/mol. The minimum Gasteiger partial charge on any atom is -0.379 e. The predicted octanol–water partition coefficient (Wildman–Crippen LogP) is -0.808. The minimum absolute atomic E-state index is 0.0784. The minimum atomic E-state index is -0.0851. The van der Waals surface area contributed by atoms with E-state index in [-0.39, 0.29) is 17.9 Å². The zero-order valence-corrected chi connectivity index (χ0v) is 7.03. The average Bonchev–Trinajstić information content (AvgIpc) is 2.31. The lowest BCUT2D eigenvalue weighted by molar-refractivity contribution is -0.139. The second kappa shape index (κ2) is 3.03. The molecular formula is C8H14N2O2. The highest BCUT2D eigenvalue weighted by Crippen LogP contribution is 2.18. The number of ether oxygens (including phenoxy) is 1. The fourth-order valence-corrected chi connectivity index (χ4v) is 1.60. The van der Waals surface area contributed by atoms with E-state index in [1.54, 1.807) is 0 Å². The summed E-state index contributed by atoms with van der Waals surface area (Å²) in [6, 6.07) is -0.0851. The molecule has 0 saturated carbocycles. The topological polar surface area (TPSA) is 55.6 Å². The molecule has 0 aromatic heterocycles. The number of nitrogens with two attached hydrogens (primary N) is 1. The highest BCUT2D eigenvalue weighted by atomic mass is 16.5. The van der Waals surface area contributed by atoms with Gasteiger partial charge in [-0.25, -0.2) is 0 Å². The number of likely N-dealkylation sites (tertiary alicyclic amines) is 1. The Morgan fingerprint density at radius 1 is 1.42 bits per heavy atom. The summed E-state index contributed by atoms with van der Waals surface area (Å²) in [4.78, 5) is 13.5. The molecule has 4 nitrogen and oxygen atoms in total. The van der Waals surface area contributed by atoms with Gasteiger partial charge in [-0.2, -0.15) is 0 Å². The molecule has 0 aliphatic carbocycles. The largest absolute Gasteiger partial charge is 0.379 e. The Bertz CT molecular complexity index is 191. The van der Waals surface area contributed by atoms with Crippen LogP contribution in [0.5, 0.6) is 0 Å². The van der Waals surface area contributed by atoms with Crippen LogP contribution in [0.2, 0.25) is 0 Å². The quantitative estimate of drug-likeness (QED) is 0.560. The predicted molar refractivity (Wildman–Crippen MR) is 43.5 cm³/mol. The van der Waals surface area contributed by atoms with Crippen molar-refractivity contribution in [1.82, 2.24) is 4.90 Å². The third-order valence-electron chi connectivity index (χ3n) is 2.61. The SMILES string of the molecule is NC1COCC1C(=O)N1CCC1. The van der Waals surface area contributed by atoms with Gasteiger partial charge < -0.3 is 15.4 Å². The molecule has 2 rings (SSSR count). The lowest BCUT2D eigenvalue weighted by Gasteiger charge is -2.33. The van der Waals surface area contributed by atoms with Crippen LogP contribution in [0.3, 0.4) is 0 Å². The maximum atomic E-state index is 11.6. The molecule has 1 amide bonds. The molecule has 2 unspecified atom stereocenters. The summed E-state index contributed by atoms with van der Waals surface area (Å²) in [7, 11) is 0. The van der Waals surface area contributed by atoms with E-state index in [2.05, 4.69) is 0 Å². The van der Waals surface area contributed by atoms with E-state index in [1.165, 1.54) is 0 Å². The molecule has 0 spiro atoms. The Labute approximate surface area is 71.7 Å². The second-order valence-electron chi connectivity index (χ2n) is 3.49. The third-order valence-corrected chi connectivity index (χ3v) is 2.61. The summed E-state index contributed by atoms with van der Waals surface area (Å²) in [5.74, 6) is 0.108. The molecule has 68 valence electrons. The van der Waals surface area contributed by atoms with Crippen molar-refractivity contribution in [3.8, 4) is 0 Å². The average molecular weight is 170 g/mol. The summed E-state index contributed by atoms with van der Waals surface area (Å²) in [5.41, 5.74) is 5.72. The summed E-state index contributed by atoms with van der Waals surface area (Å²) in [5, 5.41) is 0. The maximum absolute atomic E-state index is 11.6. The van der Waals surface area contributed by atoms with Crippen LogP contribution in [-0.2, 0) is 9.53 Å². The van der Waals surface area contributed by atoms with Gasteiger partial charge in [0.05, 0.1) is 19.1 Å². The molecule has 2 aliphatic heterocycles. The molecule has 2 heterocycles. The summed E-state index contributed by atoms with van der Waals surface area (Å²) in [6.07, 6.45) is 1.13. The van der Waals surface area contributed by atoms with Crippen LogP contribution in [-0.4, -0.2) is 43.2 Å². The Kier molecular flexibility index (Phi) is 2.02. The van der Waals surface area contributed by atoms with Crippen LogP contribution in [0.25, 0.3) is 0 Å². The number of hydrogen-bond donors (Lipinski definition) is 1. The summed E-state index contributed by atoms with van der Waals surface area (Å²) >= 11 is 0. The van der Waals surface area contributed by atoms with Crippen LogP contribution in [0, 0.1) is 5.92 Å². The maximum Gasteiger partial charge on any atom is 0.229 e. The summed E-state index contributed by atoms with van der Waals surface area (Å²) in [6.45, 7) is 2.85. The Balaban J connectivity index is 1.93. The lowest BCUT2D eigenvalue weighted by Crippen LogP contribution is -2.49. The van der Waals surface area contributed by atoms with Crippen LogP contribution in [0.1, 0.15) is 6.42 Å². The zero-order chi connectivity index (χ0) is 8.55. The van der Waals surface area contributed by atoms with Crippen LogP contribution in [0.15, 0.2) is 0 Å². The van der Waals surface area contributed by atoms with Crippen LogP contribution in [0.4, 0.5) is 0 Å². The van der Waals surface area contributed by atoms with Crippen molar-refractivity contribution in [3.63, 3.8) is 0 Å². The van der Waals surface area contributed by atoms with Crippen molar-refractivity contribution in [3.05, 3.63) is 0 Å². The molecule has 0 bridgehead atoms. The molecule has 4 heteroatoms. The molecule has 12 heavy (non-hydrogen) atoms. The van der Waals surface area contributed by atoms with Gasteiger partial charge in [0.1, 0.15) is 0 Å². The Hall–Kier alpha value is -0.610. The van der Waals surface area contributed by atoms with Gasteiger partial charge in [0, 0.05) is 19.1 Å². The molecule has 2 atom stereocenters. The molecule has 0 radical (unpaired) electrons. The first kappa shape index (κ1) is 8.01. The normalized spacial score (nSPS) is 34.9. The number of nitrogens with zero attached hydrogens (tertiary/aromatic N) is 1. The van der Waals surface area contributed by atoms with E-state index in [1.807, 2.05) is 4.90 Å². The standard InChI is InChI=1S/C8H14N2O2/c9-7-5-12-4-6(7)8(11)10-2-1-3-10/h6-7H,1-5,9H2. The van der Waals surface area contributed by atoms with E-state index >= 15 is 0 Å². The van der Waals surface area contributed by atoms with Gasteiger partial charge in [-0.3, -0.25) is 4.79 Å². The van der Waals surface area contributed by atoms with Gasteiger partial charge in [0.2, 0.25) is 5.91 Å². The van der Waals surface area contributed by atoms with Crippen LogP contribution < -0.4 is 5.73 Å². The summed E-state index contributed by atoms with van der Waals surface area (Å²) < 4.78 is 5.14. The van der Waals surface area contributed by atoms with Crippen LogP contribution >= 0.6 is 0 Å². The first-order valence-electron chi connectivity index (χ1n) is 4.41. The molecule has 2 aliphatic rings. The number of hydrogen-bond acceptors (Lipinski definition) is 3. The van der Waals surface area contributed by atoms with Gasteiger partial charge in [0.15, 0.2) is 0 Å². The molecule has 0 aromatic carbocycles. The Morgan fingerprint density at radius 3 is 2.58 bits per heavy atom. The smallest absolute Gasteiger partial charge is 0.229 e. The van der Waals surface area contributed by atoms with Gasteiger partial charge in [-0.15, -0.1) is 0 Å². The third kappa shape index (κ3) is 1.21. The number of carbonyl (C=O) groups excluding carboxylic acids is 1. The molecular weight excluding hydrogens is 156 g/mol. The number of carbonyl (C=O) groups is 1. The van der Waals surface area contributed by atoms with Crippen molar-refractivity contribution in [2.75, 3.05) is 26.3 Å². The lowest BCUT2D eigenvalue weighted by atomic mass is 10.0. The second-order valence-corrected chi connectivity index (χ2v) is 3.49. The first-order valence-corrected chi connectivity index (χ1v) is 4.41. The molecule has 2 saturated heterocycles. The Morgan fingerprint density at radius 2 is 2.17 bits per heavy atom. The molecule has 0 aromatic rings.